The highest BCUT2D eigenvalue weighted by Crippen LogP contribution is 2.40. The summed E-state index contributed by atoms with van der Waals surface area (Å²) in [6.45, 7) is 3.52. The number of hydrogen-bond donors (Lipinski definition) is 1. The van der Waals surface area contributed by atoms with Gasteiger partial charge in [0.2, 0.25) is 0 Å². The van der Waals surface area contributed by atoms with Crippen LogP contribution in [-0.2, 0) is 0 Å². The molecule has 1 saturated carbocycles. The molecule has 0 radical (unpaired) electrons. The molecule has 1 aliphatic carbocycles. The Labute approximate surface area is 136 Å². The van der Waals surface area contributed by atoms with Gasteiger partial charge in [-0.1, -0.05) is 11.6 Å². The molecule has 1 amide bonds. The number of nitrogens with two attached hydrogens (primary N) is 1. The molecule has 1 aliphatic heterocycles. The van der Waals surface area contributed by atoms with E-state index in [1.165, 1.54) is 12.8 Å². The van der Waals surface area contributed by atoms with Crippen molar-refractivity contribution in [3.8, 4) is 0 Å². The molecule has 1 aromatic carbocycles. The molecular weight excluding hydrogens is 286 g/mol. The molecule has 1 aromatic heterocycles. The summed E-state index contributed by atoms with van der Waals surface area (Å²) in [6.07, 6.45) is 4.37. The van der Waals surface area contributed by atoms with Gasteiger partial charge < -0.3 is 10.6 Å². The number of likely N-dealkylation sites (tertiary alicyclic amines) is 1. The van der Waals surface area contributed by atoms with Crippen LogP contribution < -0.4 is 5.73 Å². The normalized spacial score (nSPS) is 21.7. The van der Waals surface area contributed by atoms with Gasteiger partial charge in [-0.05, 0) is 50.8 Å². The fraction of sp³-hybridized carbons (Fsp3) is 0.474. The summed E-state index contributed by atoms with van der Waals surface area (Å²) in [5, 5.41) is 0.971. The minimum Gasteiger partial charge on any atom is -0.337 e. The second kappa shape index (κ2) is 5.60. The van der Waals surface area contributed by atoms with E-state index in [1.807, 2.05) is 17.0 Å². The van der Waals surface area contributed by atoms with Gasteiger partial charge >= 0.3 is 0 Å². The molecule has 120 valence electrons. The van der Waals surface area contributed by atoms with Crippen LogP contribution in [0.3, 0.4) is 0 Å². The van der Waals surface area contributed by atoms with E-state index in [2.05, 4.69) is 19.1 Å². The topological polar surface area (TPSA) is 59.2 Å². The van der Waals surface area contributed by atoms with Crippen molar-refractivity contribution >= 4 is 16.8 Å². The zero-order valence-corrected chi connectivity index (χ0v) is 13.6. The van der Waals surface area contributed by atoms with E-state index in [4.69, 9.17) is 10.7 Å². The van der Waals surface area contributed by atoms with Crippen molar-refractivity contribution < 1.29 is 4.79 Å². The summed E-state index contributed by atoms with van der Waals surface area (Å²) in [7, 11) is 0. The van der Waals surface area contributed by atoms with Gasteiger partial charge in [0.25, 0.3) is 5.91 Å². The van der Waals surface area contributed by atoms with Crippen molar-refractivity contribution in [2.75, 3.05) is 13.1 Å². The minimum atomic E-state index is 0.102. The fourth-order valence-corrected chi connectivity index (χ4v) is 3.49. The number of pyridine rings is 1. The highest BCUT2D eigenvalue weighted by atomic mass is 16.2. The van der Waals surface area contributed by atoms with Gasteiger partial charge in [-0.25, -0.2) is 0 Å². The van der Waals surface area contributed by atoms with Crippen molar-refractivity contribution in [1.29, 1.82) is 0 Å². The summed E-state index contributed by atoms with van der Waals surface area (Å²) in [6, 6.07) is 8.31. The van der Waals surface area contributed by atoms with Crippen LogP contribution in [0.5, 0.6) is 0 Å². The molecule has 1 unspecified atom stereocenters. The zero-order valence-electron chi connectivity index (χ0n) is 13.6. The third-order valence-corrected chi connectivity index (χ3v) is 4.96. The average molecular weight is 309 g/mol. The first kappa shape index (κ1) is 14.6. The van der Waals surface area contributed by atoms with Gasteiger partial charge in [-0.15, -0.1) is 0 Å². The summed E-state index contributed by atoms with van der Waals surface area (Å²) in [5.41, 5.74) is 10.0. The number of piperidine rings is 1. The first-order chi connectivity index (χ1) is 11.1. The van der Waals surface area contributed by atoms with Crippen LogP contribution in [0.15, 0.2) is 24.3 Å². The Balaban J connectivity index is 1.80. The van der Waals surface area contributed by atoms with Crippen LogP contribution in [0.25, 0.3) is 10.9 Å². The molecule has 2 aromatic rings. The number of aromatic nitrogens is 1. The Hall–Kier alpha value is -1.94. The fourth-order valence-electron chi connectivity index (χ4n) is 3.49. The Morgan fingerprint density at radius 3 is 2.83 bits per heavy atom. The predicted molar refractivity (Wildman–Crippen MR) is 91.6 cm³/mol. The highest BCUT2D eigenvalue weighted by molar-refractivity contribution is 6.06. The maximum absolute atomic E-state index is 13.1. The number of amides is 1. The molecule has 0 bridgehead atoms. The third kappa shape index (κ3) is 2.83. The molecule has 2 fully saturated rings. The minimum absolute atomic E-state index is 0.102. The van der Waals surface area contributed by atoms with Crippen molar-refractivity contribution in [1.82, 2.24) is 9.88 Å². The van der Waals surface area contributed by atoms with Gasteiger partial charge in [0, 0.05) is 36.1 Å². The lowest BCUT2D eigenvalue weighted by molar-refractivity contribution is 0.0710. The molecule has 23 heavy (non-hydrogen) atoms. The number of benzene rings is 1. The lowest BCUT2D eigenvalue weighted by Crippen LogP contribution is -2.45. The number of aryl methyl sites for hydroxylation is 1. The summed E-state index contributed by atoms with van der Waals surface area (Å²) in [4.78, 5) is 19.8. The Morgan fingerprint density at radius 1 is 1.26 bits per heavy atom. The highest BCUT2D eigenvalue weighted by Gasteiger charge is 2.29. The standard InChI is InChI=1S/C19H23N3O/c1-12-4-7-17-15(9-12)16(10-18(21-17)13-5-6-13)19(23)22-8-2-3-14(20)11-22/h4,7,9-10,13-14H,2-3,5-6,8,11,20H2,1H3. The molecule has 2 heterocycles. The maximum Gasteiger partial charge on any atom is 0.254 e. The SMILES string of the molecule is Cc1ccc2nc(C3CC3)cc(C(=O)N3CCCC(N)C3)c2c1. The monoisotopic (exact) mass is 309 g/mol. The second-order valence-corrected chi connectivity index (χ2v) is 7.04. The number of hydrogen-bond acceptors (Lipinski definition) is 3. The van der Waals surface area contributed by atoms with Crippen molar-refractivity contribution in [2.45, 2.75) is 44.6 Å². The van der Waals surface area contributed by atoms with Gasteiger partial charge in [0.15, 0.2) is 0 Å². The van der Waals surface area contributed by atoms with E-state index in [9.17, 15) is 4.79 Å². The first-order valence-electron chi connectivity index (χ1n) is 8.58. The maximum atomic E-state index is 13.1. The van der Waals surface area contributed by atoms with Crippen LogP contribution in [-0.4, -0.2) is 34.9 Å². The van der Waals surface area contributed by atoms with Gasteiger partial charge in [-0.3, -0.25) is 9.78 Å². The van der Waals surface area contributed by atoms with Crippen molar-refractivity contribution in [2.24, 2.45) is 5.73 Å². The van der Waals surface area contributed by atoms with Gasteiger partial charge in [0.1, 0.15) is 0 Å². The largest absolute Gasteiger partial charge is 0.337 e. The molecule has 4 nitrogen and oxygen atoms in total. The van der Waals surface area contributed by atoms with E-state index in [0.29, 0.717) is 12.5 Å². The number of rotatable bonds is 2. The quantitative estimate of drug-likeness (QED) is 0.928. The Morgan fingerprint density at radius 2 is 2.09 bits per heavy atom. The van der Waals surface area contributed by atoms with E-state index in [-0.39, 0.29) is 11.9 Å². The Bertz CT molecular complexity index is 767. The lowest BCUT2D eigenvalue weighted by atomic mass is 10.0. The summed E-state index contributed by atoms with van der Waals surface area (Å²) >= 11 is 0. The van der Waals surface area contributed by atoms with E-state index >= 15 is 0 Å². The first-order valence-corrected chi connectivity index (χ1v) is 8.58. The molecular formula is C19H23N3O. The lowest BCUT2D eigenvalue weighted by Gasteiger charge is -2.31. The number of nitrogens with zero attached hydrogens (tertiary/aromatic N) is 2. The Kier molecular flexibility index (Phi) is 3.57. The van der Waals surface area contributed by atoms with Gasteiger partial charge in [-0.2, -0.15) is 0 Å². The number of carbonyl (C=O) groups is 1. The third-order valence-electron chi connectivity index (χ3n) is 4.96. The van der Waals surface area contributed by atoms with Crippen molar-refractivity contribution in [3.63, 3.8) is 0 Å². The van der Waals surface area contributed by atoms with Gasteiger partial charge in [0.05, 0.1) is 11.1 Å². The average Bonchev–Trinajstić information content (AvgIpc) is 3.38. The van der Waals surface area contributed by atoms with Crippen LogP contribution in [0, 0.1) is 6.92 Å². The molecule has 2 aliphatic rings. The summed E-state index contributed by atoms with van der Waals surface area (Å²) < 4.78 is 0. The van der Waals surface area contributed by atoms with Crippen molar-refractivity contribution in [3.05, 3.63) is 41.1 Å². The number of carbonyl (C=O) groups excluding carboxylic acids is 1. The smallest absolute Gasteiger partial charge is 0.254 e. The molecule has 2 N–H and O–H groups in total. The molecule has 4 heteroatoms. The van der Waals surface area contributed by atoms with E-state index < -0.39 is 0 Å². The molecule has 0 spiro atoms. The van der Waals surface area contributed by atoms with Crippen LogP contribution in [0.4, 0.5) is 0 Å². The van der Waals surface area contributed by atoms with Crippen LogP contribution >= 0.6 is 0 Å². The number of fused-ring (bicyclic) bond motifs is 1. The zero-order chi connectivity index (χ0) is 16.0. The summed E-state index contributed by atoms with van der Waals surface area (Å²) in [5.74, 6) is 0.649. The molecule has 1 atom stereocenters. The van der Waals surface area contributed by atoms with E-state index in [1.54, 1.807) is 0 Å². The van der Waals surface area contributed by atoms with E-state index in [0.717, 1.165) is 47.1 Å². The molecule has 4 rings (SSSR count). The van der Waals surface area contributed by atoms with Crippen LogP contribution in [0.2, 0.25) is 0 Å². The second-order valence-electron chi connectivity index (χ2n) is 7.04. The predicted octanol–water partition coefficient (Wildman–Crippen LogP) is 2.98. The van der Waals surface area contributed by atoms with Crippen LogP contribution in [0.1, 0.15) is 53.2 Å². The molecule has 1 saturated heterocycles.